The Bertz CT molecular complexity index is 625. The zero-order chi connectivity index (χ0) is 17.8. The van der Waals surface area contributed by atoms with Crippen molar-refractivity contribution >= 4 is 0 Å². The smallest absolute Gasteiger partial charge is 0.107 e. The summed E-state index contributed by atoms with van der Waals surface area (Å²) in [6.45, 7) is 2.22. The van der Waals surface area contributed by atoms with E-state index < -0.39 is 5.41 Å². The summed E-state index contributed by atoms with van der Waals surface area (Å²) in [6.07, 6.45) is 12.5. The molecular formula is C24H29N. The summed E-state index contributed by atoms with van der Waals surface area (Å²) >= 11 is 0. The highest BCUT2D eigenvalue weighted by Crippen LogP contribution is 2.36. The van der Waals surface area contributed by atoms with Crippen LogP contribution >= 0.6 is 0 Å². The van der Waals surface area contributed by atoms with Gasteiger partial charge in [-0.05, 0) is 36.8 Å². The van der Waals surface area contributed by atoms with Crippen molar-refractivity contribution in [1.82, 2.24) is 0 Å². The first-order valence-electron chi connectivity index (χ1n) is 9.51. The van der Waals surface area contributed by atoms with Gasteiger partial charge in [0.25, 0.3) is 0 Å². The molecule has 1 nitrogen and oxygen atoms in total. The minimum Gasteiger partial charge on any atom is -0.197 e. The second-order valence-corrected chi connectivity index (χ2v) is 6.61. The molecule has 0 spiro atoms. The molecule has 0 aliphatic rings. The van der Waals surface area contributed by atoms with Gasteiger partial charge in [-0.3, -0.25) is 0 Å². The lowest BCUT2D eigenvalue weighted by Gasteiger charge is -2.28. The van der Waals surface area contributed by atoms with Gasteiger partial charge >= 0.3 is 0 Å². The summed E-state index contributed by atoms with van der Waals surface area (Å²) in [6, 6.07) is 23.1. The van der Waals surface area contributed by atoms with E-state index in [1.54, 1.807) is 0 Å². The first-order valence-corrected chi connectivity index (χ1v) is 9.51. The Morgan fingerprint density at radius 2 is 1.32 bits per heavy atom. The van der Waals surface area contributed by atoms with Gasteiger partial charge in [0.2, 0.25) is 0 Å². The molecule has 0 aromatic heterocycles. The highest BCUT2D eigenvalue weighted by atomic mass is 14.4. The van der Waals surface area contributed by atoms with E-state index in [-0.39, 0.29) is 0 Å². The van der Waals surface area contributed by atoms with Gasteiger partial charge < -0.3 is 0 Å². The van der Waals surface area contributed by atoms with Gasteiger partial charge in [0, 0.05) is 0 Å². The molecule has 130 valence electrons. The highest BCUT2D eigenvalue weighted by molar-refractivity contribution is 5.45. The van der Waals surface area contributed by atoms with E-state index >= 15 is 0 Å². The molecule has 1 heteroatoms. The quantitative estimate of drug-likeness (QED) is 0.347. The summed E-state index contributed by atoms with van der Waals surface area (Å²) in [5.41, 5.74) is 1.65. The lowest BCUT2D eigenvalue weighted by molar-refractivity contribution is 0.545. The molecule has 0 unspecified atom stereocenters. The maximum Gasteiger partial charge on any atom is 0.107 e. The Kier molecular flexibility index (Phi) is 7.99. The average Bonchev–Trinajstić information content (AvgIpc) is 2.69. The number of hydrogen-bond donors (Lipinski definition) is 0. The van der Waals surface area contributed by atoms with Gasteiger partial charge in [-0.15, -0.1) is 0 Å². The van der Waals surface area contributed by atoms with Crippen LogP contribution in [0, 0.1) is 11.3 Å². The Morgan fingerprint density at radius 3 is 1.80 bits per heavy atom. The molecule has 0 saturated heterocycles. The predicted octanol–water partition coefficient (Wildman–Crippen LogP) is 6.80. The van der Waals surface area contributed by atoms with Crippen molar-refractivity contribution in [3.63, 3.8) is 0 Å². The molecule has 2 aromatic rings. The molecule has 0 fully saturated rings. The third-order valence-electron chi connectivity index (χ3n) is 4.79. The summed E-state index contributed by atoms with van der Waals surface area (Å²) in [4.78, 5) is 0. The van der Waals surface area contributed by atoms with Gasteiger partial charge in [0.05, 0.1) is 6.07 Å². The first kappa shape index (κ1) is 19.0. The van der Waals surface area contributed by atoms with Crippen LogP contribution in [-0.2, 0) is 5.41 Å². The molecule has 0 aliphatic carbocycles. The zero-order valence-corrected chi connectivity index (χ0v) is 15.3. The van der Waals surface area contributed by atoms with E-state index in [2.05, 4.69) is 49.4 Å². The highest BCUT2D eigenvalue weighted by Gasteiger charge is 2.33. The molecule has 0 radical (unpaired) electrons. The molecule has 0 atom stereocenters. The minimum atomic E-state index is -0.547. The molecule has 0 amide bonds. The summed E-state index contributed by atoms with van der Waals surface area (Å²) in [5.74, 6) is 0. The zero-order valence-electron chi connectivity index (χ0n) is 15.3. The normalized spacial score (nSPS) is 11.5. The summed E-state index contributed by atoms with van der Waals surface area (Å²) < 4.78 is 0. The fourth-order valence-corrected chi connectivity index (χ4v) is 3.30. The Labute approximate surface area is 153 Å². The van der Waals surface area contributed by atoms with E-state index in [1.165, 1.54) is 19.3 Å². The van der Waals surface area contributed by atoms with Crippen molar-refractivity contribution in [1.29, 1.82) is 5.26 Å². The van der Waals surface area contributed by atoms with Crippen LogP contribution in [0.5, 0.6) is 0 Å². The van der Waals surface area contributed by atoms with Crippen LogP contribution in [0.4, 0.5) is 0 Å². The Hall–Kier alpha value is -2.33. The number of unbranched alkanes of at least 4 members (excludes halogenated alkanes) is 4. The SMILES string of the molecule is CCCC/C=C/CCCCC(C#N)(c1ccccc1)c1ccccc1. The van der Waals surface area contributed by atoms with Crippen LogP contribution in [0.2, 0.25) is 0 Å². The lowest BCUT2D eigenvalue weighted by Crippen LogP contribution is -2.25. The van der Waals surface area contributed by atoms with Gasteiger partial charge in [0.1, 0.15) is 5.41 Å². The number of benzene rings is 2. The number of rotatable bonds is 10. The molecule has 0 aliphatic heterocycles. The standard InChI is InChI=1S/C24H29N/c1-2-3-4-5-6-7-8-15-20-24(21-25,22-16-11-9-12-17-22)23-18-13-10-14-19-23/h5-6,9-14,16-19H,2-4,7-8,15,20H2,1H3/b6-5+. The number of hydrogen-bond acceptors (Lipinski definition) is 1. The van der Waals surface area contributed by atoms with E-state index in [0.29, 0.717) is 0 Å². The molecule has 0 bridgehead atoms. The van der Waals surface area contributed by atoms with E-state index in [0.717, 1.165) is 36.8 Å². The van der Waals surface area contributed by atoms with Crippen LogP contribution in [-0.4, -0.2) is 0 Å². The predicted molar refractivity (Wildman–Crippen MR) is 106 cm³/mol. The molecule has 2 rings (SSSR count). The third kappa shape index (κ3) is 5.33. The van der Waals surface area contributed by atoms with E-state index in [1.807, 2.05) is 36.4 Å². The second-order valence-electron chi connectivity index (χ2n) is 6.61. The van der Waals surface area contributed by atoms with Gasteiger partial charge in [-0.1, -0.05) is 99.0 Å². The Morgan fingerprint density at radius 1 is 0.800 bits per heavy atom. The van der Waals surface area contributed by atoms with Gasteiger partial charge in [-0.2, -0.15) is 5.26 Å². The lowest BCUT2D eigenvalue weighted by atomic mass is 9.72. The van der Waals surface area contributed by atoms with Crippen molar-refractivity contribution in [2.24, 2.45) is 0 Å². The van der Waals surface area contributed by atoms with Crippen LogP contribution in [0.1, 0.15) is 63.0 Å². The first-order chi connectivity index (χ1) is 12.3. The second kappa shape index (κ2) is 10.5. The monoisotopic (exact) mass is 331 g/mol. The summed E-state index contributed by atoms with van der Waals surface area (Å²) in [7, 11) is 0. The van der Waals surface area contributed by atoms with Crippen molar-refractivity contribution in [2.75, 3.05) is 0 Å². The number of nitrogens with zero attached hydrogens (tertiary/aromatic N) is 1. The Balaban J connectivity index is 2.06. The summed E-state index contributed by atoms with van der Waals surface area (Å²) in [5, 5.41) is 10.1. The van der Waals surface area contributed by atoms with Crippen LogP contribution in [0.25, 0.3) is 0 Å². The van der Waals surface area contributed by atoms with Crippen molar-refractivity contribution in [3.8, 4) is 6.07 Å². The maximum atomic E-state index is 10.1. The molecule has 2 aromatic carbocycles. The van der Waals surface area contributed by atoms with Crippen molar-refractivity contribution in [3.05, 3.63) is 83.9 Å². The average molecular weight is 332 g/mol. The third-order valence-corrected chi connectivity index (χ3v) is 4.79. The molecule has 25 heavy (non-hydrogen) atoms. The van der Waals surface area contributed by atoms with Crippen molar-refractivity contribution in [2.45, 2.75) is 57.3 Å². The number of allylic oxidation sites excluding steroid dienone is 2. The minimum absolute atomic E-state index is 0.547. The van der Waals surface area contributed by atoms with E-state index in [4.69, 9.17) is 0 Å². The maximum absolute atomic E-state index is 10.1. The number of nitriles is 1. The van der Waals surface area contributed by atoms with E-state index in [9.17, 15) is 5.26 Å². The fourth-order valence-electron chi connectivity index (χ4n) is 3.30. The molecular weight excluding hydrogens is 302 g/mol. The van der Waals surface area contributed by atoms with Gasteiger partial charge in [0.15, 0.2) is 0 Å². The van der Waals surface area contributed by atoms with Crippen LogP contribution < -0.4 is 0 Å². The van der Waals surface area contributed by atoms with Crippen molar-refractivity contribution < 1.29 is 0 Å². The topological polar surface area (TPSA) is 23.8 Å². The fraction of sp³-hybridized carbons (Fsp3) is 0.375. The van der Waals surface area contributed by atoms with Gasteiger partial charge in [-0.25, -0.2) is 0 Å². The molecule has 0 heterocycles. The van der Waals surface area contributed by atoms with Crippen LogP contribution in [0.3, 0.4) is 0 Å². The van der Waals surface area contributed by atoms with Crippen LogP contribution in [0.15, 0.2) is 72.8 Å². The molecule has 0 N–H and O–H groups in total. The molecule has 0 saturated carbocycles. The largest absolute Gasteiger partial charge is 0.197 e.